The molecule has 0 atom stereocenters. The zero-order chi connectivity index (χ0) is 9.84. The second kappa shape index (κ2) is 4.49. The van der Waals surface area contributed by atoms with E-state index in [0.717, 1.165) is 5.69 Å². The number of Topliss-reactive ketones (excluding diaryl/α,β-unsaturated/α-hetero) is 1. The first-order valence-electron chi connectivity index (χ1n) is 3.77. The maximum absolute atomic E-state index is 10.7. The Hall–Kier alpha value is -0.730. The predicted octanol–water partition coefficient (Wildman–Crippen LogP) is 2.99. The van der Waals surface area contributed by atoms with E-state index in [1.165, 1.54) is 6.92 Å². The molecule has 0 aromatic heterocycles. The predicted molar refractivity (Wildman–Crippen MR) is 55.6 cm³/mol. The van der Waals surface area contributed by atoms with Crippen molar-refractivity contribution in [3.8, 4) is 0 Å². The minimum absolute atomic E-state index is 0.0658. The molecule has 0 unspecified atom stereocenters. The van der Waals surface area contributed by atoms with Gasteiger partial charge in [-0.2, -0.15) is 0 Å². The molecule has 1 N–H and O–H groups in total. The number of nitrogens with one attached hydrogen (secondary N) is 1. The van der Waals surface area contributed by atoms with Gasteiger partial charge in [0.2, 0.25) is 0 Å². The summed E-state index contributed by atoms with van der Waals surface area (Å²) in [4.78, 5) is 10.7. The van der Waals surface area contributed by atoms with Crippen molar-refractivity contribution in [2.45, 2.75) is 6.92 Å². The highest BCUT2D eigenvalue weighted by Crippen LogP contribution is 2.22. The first-order chi connectivity index (χ1) is 6.08. The molecule has 13 heavy (non-hydrogen) atoms. The van der Waals surface area contributed by atoms with Crippen LogP contribution in [0.1, 0.15) is 6.92 Å². The van der Waals surface area contributed by atoms with Crippen molar-refractivity contribution in [3.05, 3.63) is 28.2 Å². The number of benzene rings is 1. The highest BCUT2D eigenvalue weighted by atomic mass is 35.5. The van der Waals surface area contributed by atoms with Crippen LogP contribution >= 0.6 is 23.2 Å². The van der Waals surface area contributed by atoms with Crippen LogP contribution in [0.3, 0.4) is 0 Å². The van der Waals surface area contributed by atoms with Crippen molar-refractivity contribution < 1.29 is 4.79 Å². The van der Waals surface area contributed by atoms with Gasteiger partial charge >= 0.3 is 0 Å². The van der Waals surface area contributed by atoms with E-state index < -0.39 is 0 Å². The van der Waals surface area contributed by atoms with Crippen LogP contribution in [-0.2, 0) is 4.79 Å². The summed E-state index contributed by atoms with van der Waals surface area (Å²) in [7, 11) is 0. The molecule has 0 bridgehead atoms. The molecule has 0 aliphatic heterocycles. The molecule has 1 aromatic carbocycles. The van der Waals surface area contributed by atoms with Gasteiger partial charge in [0.15, 0.2) is 0 Å². The van der Waals surface area contributed by atoms with Gasteiger partial charge in [0.05, 0.1) is 6.54 Å². The van der Waals surface area contributed by atoms with Gasteiger partial charge in [-0.15, -0.1) is 0 Å². The van der Waals surface area contributed by atoms with Crippen molar-refractivity contribution in [3.63, 3.8) is 0 Å². The summed E-state index contributed by atoms with van der Waals surface area (Å²) in [5, 5.41) is 4.02. The van der Waals surface area contributed by atoms with Gasteiger partial charge in [0, 0.05) is 15.7 Å². The molecule has 0 spiro atoms. The molecular formula is C9H9Cl2NO. The summed E-state index contributed by atoms with van der Waals surface area (Å²) in [6, 6.07) is 5.08. The van der Waals surface area contributed by atoms with Gasteiger partial charge in [-0.25, -0.2) is 0 Å². The topological polar surface area (TPSA) is 29.1 Å². The van der Waals surface area contributed by atoms with Crippen molar-refractivity contribution in [1.29, 1.82) is 0 Å². The van der Waals surface area contributed by atoms with Crippen LogP contribution in [0, 0.1) is 0 Å². The highest BCUT2D eigenvalue weighted by molar-refractivity contribution is 6.35. The molecule has 1 aromatic rings. The zero-order valence-corrected chi connectivity index (χ0v) is 8.62. The first kappa shape index (κ1) is 10.4. The minimum atomic E-state index is 0.0658. The molecule has 0 heterocycles. The number of hydrogen-bond acceptors (Lipinski definition) is 2. The molecule has 4 heteroatoms. The van der Waals surface area contributed by atoms with Crippen molar-refractivity contribution >= 4 is 34.7 Å². The monoisotopic (exact) mass is 217 g/mol. The van der Waals surface area contributed by atoms with Gasteiger partial charge in [0.1, 0.15) is 5.78 Å². The summed E-state index contributed by atoms with van der Waals surface area (Å²) < 4.78 is 0. The molecule has 0 saturated carbocycles. The van der Waals surface area contributed by atoms with Crippen molar-refractivity contribution in [1.82, 2.24) is 0 Å². The molecule has 1 rings (SSSR count). The third-order valence-electron chi connectivity index (χ3n) is 1.40. The maximum Gasteiger partial charge on any atom is 0.148 e. The molecule has 0 amide bonds. The highest BCUT2D eigenvalue weighted by Gasteiger charge is 1.98. The average molecular weight is 218 g/mol. The van der Waals surface area contributed by atoms with Crippen LogP contribution in [-0.4, -0.2) is 12.3 Å². The molecule has 0 fully saturated rings. The van der Waals surface area contributed by atoms with Crippen molar-refractivity contribution in [2.75, 3.05) is 11.9 Å². The fourth-order valence-electron chi connectivity index (χ4n) is 0.882. The Morgan fingerprint density at radius 2 is 1.85 bits per heavy atom. The second-order valence-electron chi connectivity index (χ2n) is 2.71. The van der Waals surface area contributed by atoms with Crippen LogP contribution in [0.25, 0.3) is 0 Å². The quantitative estimate of drug-likeness (QED) is 0.844. The first-order valence-corrected chi connectivity index (χ1v) is 4.53. The van der Waals surface area contributed by atoms with Gasteiger partial charge in [0.25, 0.3) is 0 Å². The molecule has 70 valence electrons. The van der Waals surface area contributed by atoms with Gasteiger partial charge in [-0.3, -0.25) is 4.79 Å². The van der Waals surface area contributed by atoms with E-state index in [0.29, 0.717) is 10.0 Å². The third kappa shape index (κ3) is 3.66. The summed E-state index contributed by atoms with van der Waals surface area (Å²) in [6.45, 7) is 1.80. The number of carbonyl (C=O) groups is 1. The fourth-order valence-corrected chi connectivity index (χ4v) is 1.41. The van der Waals surface area contributed by atoms with E-state index >= 15 is 0 Å². The lowest BCUT2D eigenvalue weighted by Crippen LogP contribution is -2.09. The maximum atomic E-state index is 10.7. The Morgan fingerprint density at radius 3 is 2.31 bits per heavy atom. The zero-order valence-electron chi connectivity index (χ0n) is 7.10. The van der Waals surface area contributed by atoms with E-state index in [-0.39, 0.29) is 12.3 Å². The summed E-state index contributed by atoms with van der Waals surface area (Å²) >= 11 is 11.5. The van der Waals surface area contributed by atoms with Crippen LogP contribution in [0.2, 0.25) is 10.0 Å². The molecule has 0 radical (unpaired) electrons. The van der Waals surface area contributed by atoms with Crippen LogP contribution in [0.15, 0.2) is 18.2 Å². The van der Waals surface area contributed by atoms with Gasteiger partial charge in [-0.1, -0.05) is 23.2 Å². The Kier molecular flexibility index (Phi) is 3.58. The number of anilines is 1. The SMILES string of the molecule is CC(=O)CNc1cc(Cl)cc(Cl)c1. The molecule has 0 aliphatic rings. The number of carbonyl (C=O) groups excluding carboxylic acids is 1. The summed E-state index contributed by atoms with van der Waals surface area (Å²) in [6.07, 6.45) is 0. The van der Waals surface area contributed by atoms with Crippen LogP contribution in [0.4, 0.5) is 5.69 Å². The smallest absolute Gasteiger partial charge is 0.148 e. The third-order valence-corrected chi connectivity index (χ3v) is 1.84. The molecule has 0 aliphatic carbocycles. The fraction of sp³-hybridized carbons (Fsp3) is 0.222. The Morgan fingerprint density at radius 1 is 1.31 bits per heavy atom. The Bertz CT molecular complexity index is 305. The lowest BCUT2D eigenvalue weighted by atomic mass is 10.3. The van der Waals surface area contributed by atoms with E-state index in [4.69, 9.17) is 23.2 Å². The Labute approximate surface area is 86.8 Å². The van der Waals surface area contributed by atoms with Gasteiger partial charge in [-0.05, 0) is 25.1 Å². The van der Waals surface area contributed by atoms with Crippen LogP contribution in [0.5, 0.6) is 0 Å². The second-order valence-corrected chi connectivity index (χ2v) is 3.59. The number of halogens is 2. The lowest BCUT2D eigenvalue weighted by Gasteiger charge is -2.04. The normalized spacial score (nSPS) is 9.77. The largest absolute Gasteiger partial charge is 0.378 e. The number of ketones is 1. The summed E-state index contributed by atoms with van der Waals surface area (Å²) in [5.74, 6) is 0.0658. The molecule has 2 nitrogen and oxygen atoms in total. The lowest BCUT2D eigenvalue weighted by molar-refractivity contribution is -0.115. The Balaban J connectivity index is 2.71. The molecule has 0 saturated heterocycles. The standard InChI is InChI=1S/C9H9Cl2NO/c1-6(13)5-12-9-3-7(10)2-8(11)4-9/h2-4,12H,5H2,1H3. The van der Waals surface area contributed by atoms with E-state index in [1.807, 2.05) is 0 Å². The van der Waals surface area contributed by atoms with Crippen LogP contribution < -0.4 is 5.32 Å². The molecular weight excluding hydrogens is 209 g/mol. The summed E-state index contributed by atoms with van der Waals surface area (Å²) in [5.41, 5.74) is 0.757. The van der Waals surface area contributed by atoms with E-state index in [2.05, 4.69) is 5.32 Å². The minimum Gasteiger partial charge on any atom is -0.378 e. The van der Waals surface area contributed by atoms with Gasteiger partial charge < -0.3 is 5.32 Å². The number of rotatable bonds is 3. The number of hydrogen-bond donors (Lipinski definition) is 1. The van der Waals surface area contributed by atoms with Crippen molar-refractivity contribution in [2.24, 2.45) is 0 Å². The van der Waals surface area contributed by atoms with E-state index in [9.17, 15) is 4.79 Å². The van der Waals surface area contributed by atoms with E-state index in [1.54, 1.807) is 18.2 Å². The average Bonchev–Trinajstić information content (AvgIpc) is 1.99.